The fourth-order valence-electron chi connectivity index (χ4n) is 0.705. The van der Waals surface area contributed by atoms with E-state index in [1.165, 1.54) is 0 Å². The smallest absolute Gasteiger partial charge is 0.417 e. The number of aliphatic carboxylic acids is 1. The van der Waals surface area contributed by atoms with Crippen molar-refractivity contribution in [3.63, 3.8) is 0 Å². The molecule has 2 N–H and O–H groups in total. The highest BCUT2D eigenvalue weighted by molar-refractivity contribution is 5.79. The molecular formula is C8H14F3NO2. The molecule has 0 amide bonds. The van der Waals surface area contributed by atoms with Crippen LogP contribution in [0.15, 0.2) is 0 Å². The van der Waals surface area contributed by atoms with Gasteiger partial charge in [0.1, 0.15) is 0 Å². The lowest BCUT2D eigenvalue weighted by Gasteiger charge is -2.29. The first-order valence-electron chi connectivity index (χ1n) is 4.16. The van der Waals surface area contributed by atoms with E-state index < -0.39 is 17.7 Å². The maximum atomic E-state index is 12.4. The zero-order chi connectivity index (χ0) is 11.6. The third-order valence-corrected chi connectivity index (χ3v) is 1.86. The Morgan fingerprint density at radius 2 is 1.86 bits per heavy atom. The van der Waals surface area contributed by atoms with E-state index in [9.17, 15) is 18.0 Å². The SMILES string of the molecule is CC(C)CNC(C)(C(=O)O)C(F)(F)F. The van der Waals surface area contributed by atoms with E-state index >= 15 is 0 Å². The highest BCUT2D eigenvalue weighted by atomic mass is 19.4. The Bertz CT molecular complexity index is 215. The Balaban J connectivity index is 4.67. The van der Waals surface area contributed by atoms with Crippen molar-refractivity contribution in [2.24, 2.45) is 5.92 Å². The summed E-state index contributed by atoms with van der Waals surface area (Å²) in [5.74, 6) is -1.96. The van der Waals surface area contributed by atoms with Crippen LogP contribution in [0.4, 0.5) is 13.2 Å². The van der Waals surface area contributed by atoms with Crippen LogP contribution in [0.3, 0.4) is 0 Å². The minimum absolute atomic E-state index is 0.00229. The van der Waals surface area contributed by atoms with Crippen molar-refractivity contribution >= 4 is 5.97 Å². The van der Waals surface area contributed by atoms with Gasteiger partial charge in [0.15, 0.2) is 0 Å². The fraction of sp³-hybridized carbons (Fsp3) is 0.875. The first-order chi connectivity index (χ1) is 6.11. The molecule has 0 aliphatic carbocycles. The molecule has 84 valence electrons. The van der Waals surface area contributed by atoms with Gasteiger partial charge in [-0.25, -0.2) is 4.79 Å². The average Bonchev–Trinajstić information content (AvgIpc) is 1.97. The minimum atomic E-state index is -4.80. The topological polar surface area (TPSA) is 49.3 Å². The van der Waals surface area contributed by atoms with E-state index in [2.05, 4.69) is 0 Å². The normalized spacial score (nSPS) is 16.8. The predicted molar refractivity (Wildman–Crippen MR) is 44.9 cm³/mol. The van der Waals surface area contributed by atoms with Crippen molar-refractivity contribution in [3.8, 4) is 0 Å². The van der Waals surface area contributed by atoms with Gasteiger partial charge in [-0.05, 0) is 19.4 Å². The summed E-state index contributed by atoms with van der Waals surface area (Å²) in [7, 11) is 0. The van der Waals surface area contributed by atoms with Crippen molar-refractivity contribution in [2.45, 2.75) is 32.5 Å². The molecule has 1 atom stereocenters. The van der Waals surface area contributed by atoms with Gasteiger partial charge in [0, 0.05) is 0 Å². The number of halogens is 3. The average molecular weight is 213 g/mol. The summed E-state index contributed by atoms with van der Waals surface area (Å²) >= 11 is 0. The first kappa shape index (κ1) is 13.2. The van der Waals surface area contributed by atoms with Crippen molar-refractivity contribution in [2.75, 3.05) is 6.54 Å². The van der Waals surface area contributed by atoms with Crippen molar-refractivity contribution in [1.82, 2.24) is 5.32 Å². The molecule has 0 aromatic rings. The molecule has 1 unspecified atom stereocenters. The van der Waals surface area contributed by atoms with E-state index in [4.69, 9.17) is 5.11 Å². The number of carboxylic acids is 1. The molecule has 0 aromatic carbocycles. The monoisotopic (exact) mass is 213 g/mol. The molecule has 14 heavy (non-hydrogen) atoms. The van der Waals surface area contributed by atoms with Crippen LogP contribution in [0.1, 0.15) is 20.8 Å². The second-order valence-corrected chi connectivity index (χ2v) is 3.70. The van der Waals surface area contributed by atoms with E-state index in [-0.39, 0.29) is 12.5 Å². The number of rotatable bonds is 4. The second-order valence-electron chi connectivity index (χ2n) is 3.70. The van der Waals surface area contributed by atoms with Gasteiger partial charge in [0.25, 0.3) is 0 Å². The number of alkyl halides is 3. The molecule has 0 saturated heterocycles. The van der Waals surface area contributed by atoms with E-state index in [1.807, 2.05) is 5.32 Å². The van der Waals surface area contributed by atoms with Crippen LogP contribution in [-0.2, 0) is 4.79 Å². The maximum Gasteiger partial charge on any atom is 0.417 e. The van der Waals surface area contributed by atoms with Gasteiger partial charge in [-0.1, -0.05) is 13.8 Å². The molecule has 0 aliphatic heterocycles. The van der Waals surface area contributed by atoms with E-state index in [0.717, 1.165) is 0 Å². The minimum Gasteiger partial charge on any atom is -0.480 e. The summed E-state index contributed by atoms with van der Waals surface area (Å²) < 4.78 is 37.1. The number of hydrogen-bond acceptors (Lipinski definition) is 2. The summed E-state index contributed by atoms with van der Waals surface area (Å²) in [5, 5.41) is 10.5. The van der Waals surface area contributed by atoms with Gasteiger partial charge in [-0.2, -0.15) is 13.2 Å². The Morgan fingerprint density at radius 1 is 1.43 bits per heavy atom. The third-order valence-electron chi connectivity index (χ3n) is 1.86. The Hall–Kier alpha value is -0.780. The van der Waals surface area contributed by atoms with Crippen LogP contribution >= 0.6 is 0 Å². The molecule has 0 heterocycles. The zero-order valence-corrected chi connectivity index (χ0v) is 8.27. The lowest BCUT2D eigenvalue weighted by molar-refractivity contribution is -0.206. The number of carboxylic acid groups (broad SMARTS) is 1. The lowest BCUT2D eigenvalue weighted by Crippen LogP contribution is -2.60. The van der Waals surface area contributed by atoms with Crippen LogP contribution in [0, 0.1) is 5.92 Å². The molecule has 0 fully saturated rings. The van der Waals surface area contributed by atoms with Gasteiger partial charge >= 0.3 is 12.1 Å². The fourth-order valence-corrected chi connectivity index (χ4v) is 0.705. The van der Waals surface area contributed by atoms with E-state index in [0.29, 0.717) is 6.92 Å². The molecular weight excluding hydrogens is 199 g/mol. The maximum absolute atomic E-state index is 12.4. The number of nitrogens with one attached hydrogen (secondary N) is 1. The third kappa shape index (κ3) is 2.87. The highest BCUT2D eigenvalue weighted by Crippen LogP contribution is 2.30. The van der Waals surface area contributed by atoms with Gasteiger partial charge in [-0.15, -0.1) is 0 Å². The molecule has 0 aromatic heterocycles. The van der Waals surface area contributed by atoms with Gasteiger partial charge in [-0.3, -0.25) is 5.32 Å². The Morgan fingerprint density at radius 3 is 2.07 bits per heavy atom. The molecule has 6 heteroatoms. The molecule has 0 bridgehead atoms. The summed E-state index contributed by atoms with van der Waals surface area (Å²) in [4.78, 5) is 10.5. The van der Waals surface area contributed by atoms with Gasteiger partial charge in [0.2, 0.25) is 5.54 Å². The molecule has 0 spiro atoms. The molecule has 0 rings (SSSR count). The van der Waals surface area contributed by atoms with Crippen molar-refractivity contribution in [1.29, 1.82) is 0 Å². The van der Waals surface area contributed by atoms with Crippen LogP contribution in [0.5, 0.6) is 0 Å². The highest BCUT2D eigenvalue weighted by Gasteiger charge is 2.57. The van der Waals surface area contributed by atoms with Gasteiger partial charge < -0.3 is 5.11 Å². The van der Waals surface area contributed by atoms with Crippen molar-refractivity contribution in [3.05, 3.63) is 0 Å². The Kier molecular flexibility index (Phi) is 3.93. The summed E-state index contributed by atoms with van der Waals surface area (Å²) in [6, 6.07) is 0. The van der Waals surface area contributed by atoms with Crippen LogP contribution in [0.2, 0.25) is 0 Å². The lowest BCUT2D eigenvalue weighted by atomic mass is 10.0. The van der Waals surface area contributed by atoms with E-state index in [1.54, 1.807) is 13.8 Å². The molecule has 0 aliphatic rings. The second kappa shape index (κ2) is 4.16. The molecule has 0 radical (unpaired) electrons. The standard InChI is InChI=1S/C8H14F3NO2/c1-5(2)4-12-7(3,6(13)14)8(9,10)11/h5,12H,4H2,1-3H3,(H,13,14). The summed E-state index contributed by atoms with van der Waals surface area (Å²) in [6.45, 7) is 4.03. The largest absolute Gasteiger partial charge is 0.480 e. The van der Waals surface area contributed by atoms with Crippen LogP contribution in [-0.4, -0.2) is 29.3 Å². The quantitative estimate of drug-likeness (QED) is 0.746. The predicted octanol–water partition coefficient (Wildman–Crippen LogP) is 1.64. The van der Waals surface area contributed by atoms with Crippen molar-refractivity contribution < 1.29 is 23.1 Å². The first-order valence-corrected chi connectivity index (χ1v) is 4.16. The number of hydrogen-bond donors (Lipinski definition) is 2. The van der Waals surface area contributed by atoms with Gasteiger partial charge in [0.05, 0.1) is 0 Å². The summed E-state index contributed by atoms with van der Waals surface area (Å²) in [6.07, 6.45) is -4.80. The molecule has 3 nitrogen and oxygen atoms in total. The molecule has 0 saturated carbocycles. The number of carbonyl (C=O) groups is 1. The Labute approximate surface area is 80.3 Å². The zero-order valence-electron chi connectivity index (χ0n) is 8.27. The van der Waals surface area contributed by atoms with Crippen LogP contribution in [0.25, 0.3) is 0 Å². The summed E-state index contributed by atoms with van der Waals surface area (Å²) in [5.41, 5.74) is -2.86. The van der Waals surface area contributed by atoms with Crippen LogP contribution < -0.4 is 5.32 Å².